The van der Waals surface area contributed by atoms with Crippen LogP contribution in [0.3, 0.4) is 0 Å². The molecule has 0 aliphatic heterocycles. The van der Waals surface area contributed by atoms with Gasteiger partial charge in [-0.3, -0.25) is 0 Å². The van der Waals surface area contributed by atoms with Crippen LogP contribution < -0.4 is 4.74 Å². The Kier molecular flexibility index (Phi) is 5.58. The highest BCUT2D eigenvalue weighted by Crippen LogP contribution is 2.18. The van der Waals surface area contributed by atoms with Gasteiger partial charge in [-0.1, -0.05) is 18.2 Å². The molecule has 0 N–H and O–H groups in total. The Morgan fingerprint density at radius 3 is 2.73 bits per heavy atom. The fraction of sp³-hybridized carbons (Fsp3) is 0.500. The van der Waals surface area contributed by atoms with E-state index in [0.717, 1.165) is 31.0 Å². The first-order valence-electron chi connectivity index (χ1n) is 5.19. The zero-order chi connectivity index (χ0) is 11.1. The molecule has 1 rings (SSSR count). The zero-order valence-corrected chi connectivity index (χ0v) is 10.3. The minimum atomic E-state index is 0.928. The molecule has 1 aromatic carbocycles. The van der Waals surface area contributed by atoms with Crippen molar-refractivity contribution in [1.82, 2.24) is 4.90 Å². The van der Waals surface area contributed by atoms with Crippen molar-refractivity contribution in [2.45, 2.75) is 13.0 Å². The smallest absolute Gasteiger partial charge is 0.123 e. The Bertz CT molecular complexity index is 291. The van der Waals surface area contributed by atoms with E-state index in [1.165, 1.54) is 5.56 Å². The lowest BCUT2D eigenvalue weighted by Gasteiger charge is -2.17. The van der Waals surface area contributed by atoms with Gasteiger partial charge in [-0.15, -0.1) is 0 Å². The summed E-state index contributed by atoms with van der Waals surface area (Å²) in [6.45, 7) is 2.00. The minimum absolute atomic E-state index is 0.928. The molecule has 0 unspecified atom stereocenters. The average Bonchev–Trinajstić information content (AvgIpc) is 2.27. The highest BCUT2D eigenvalue weighted by Gasteiger charge is 2.04. The second-order valence-corrected chi connectivity index (χ2v) is 4.07. The maximum Gasteiger partial charge on any atom is 0.123 e. The lowest BCUT2D eigenvalue weighted by Crippen LogP contribution is -2.19. The van der Waals surface area contributed by atoms with Crippen LogP contribution in [-0.4, -0.2) is 31.4 Å². The van der Waals surface area contributed by atoms with Gasteiger partial charge in [-0.25, -0.2) is 0 Å². The lowest BCUT2D eigenvalue weighted by atomic mass is 10.2. The van der Waals surface area contributed by atoms with Gasteiger partial charge in [-0.2, -0.15) is 12.6 Å². The summed E-state index contributed by atoms with van der Waals surface area (Å²) in [4.78, 5) is 2.29. The van der Waals surface area contributed by atoms with Crippen LogP contribution in [0.5, 0.6) is 5.75 Å². The molecule has 0 atom stereocenters. The van der Waals surface area contributed by atoms with E-state index < -0.39 is 0 Å². The first-order valence-corrected chi connectivity index (χ1v) is 5.82. The molecule has 0 aliphatic carbocycles. The topological polar surface area (TPSA) is 12.5 Å². The summed E-state index contributed by atoms with van der Waals surface area (Å²) in [5, 5.41) is 0. The van der Waals surface area contributed by atoms with Gasteiger partial charge < -0.3 is 9.64 Å². The van der Waals surface area contributed by atoms with Gasteiger partial charge in [0.05, 0.1) is 7.11 Å². The Morgan fingerprint density at radius 1 is 1.33 bits per heavy atom. The Morgan fingerprint density at radius 2 is 2.07 bits per heavy atom. The van der Waals surface area contributed by atoms with Gasteiger partial charge in [0.2, 0.25) is 0 Å². The van der Waals surface area contributed by atoms with E-state index in [9.17, 15) is 0 Å². The number of nitrogens with zero attached hydrogens (tertiary/aromatic N) is 1. The Labute approximate surface area is 97.6 Å². The molecule has 0 heterocycles. The number of para-hydroxylation sites is 1. The summed E-state index contributed by atoms with van der Waals surface area (Å²) in [6, 6.07) is 8.15. The molecule has 0 saturated carbocycles. The normalized spacial score (nSPS) is 10.7. The van der Waals surface area contributed by atoms with Gasteiger partial charge in [0, 0.05) is 12.1 Å². The summed E-state index contributed by atoms with van der Waals surface area (Å²) < 4.78 is 5.31. The fourth-order valence-corrected chi connectivity index (χ4v) is 1.69. The third kappa shape index (κ3) is 4.14. The van der Waals surface area contributed by atoms with Crippen LogP contribution >= 0.6 is 12.6 Å². The monoisotopic (exact) mass is 225 g/mol. The first-order chi connectivity index (χ1) is 7.27. The van der Waals surface area contributed by atoms with E-state index in [4.69, 9.17) is 4.74 Å². The molecule has 0 aliphatic rings. The zero-order valence-electron chi connectivity index (χ0n) is 9.44. The largest absolute Gasteiger partial charge is 0.496 e. The van der Waals surface area contributed by atoms with Crippen molar-refractivity contribution < 1.29 is 4.74 Å². The first kappa shape index (κ1) is 12.4. The van der Waals surface area contributed by atoms with Crippen molar-refractivity contribution in [2.75, 3.05) is 26.5 Å². The van der Waals surface area contributed by atoms with Crippen molar-refractivity contribution >= 4 is 12.6 Å². The van der Waals surface area contributed by atoms with Gasteiger partial charge in [0.1, 0.15) is 5.75 Å². The molecule has 0 amide bonds. The standard InChI is InChI=1S/C12H19NOS/c1-13(8-5-9-15)10-11-6-3-4-7-12(11)14-2/h3-4,6-7,15H,5,8-10H2,1-2H3. The summed E-state index contributed by atoms with van der Waals surface area (Å²) in [6.07, 6.45) is 1.12. The predicted molar refractivity (Wildman–Crippen MR) is 67.8 cm³/mol. The van der Waals surface area contributed by atoms with Crippen molar-refractivity contribution in [3.63, 3.8) is 0 Å². The van der Waals surface area contributed by atoms with Crippen LogP contribution in [0.4, 0.5) is 0 Å². The van der Waals surface area contributed by atoms with Gasteiger partial charge in [0.25, 0.3) is 0 Å². The second kappa shape index (κ2) is 6.75. The Hall–Kier alpha value is -0.670. The SMILES string of the molecule is COc1ccccc1CN(C)CCCS. The molecule has 0 fully saturated rings. The molecule has 2 nitrogen and oxygen atoms in total. The number of methoxy groups -OCH3 is 1. The molecule has 3 heteroatoms. The molecule has 0 spiro atoms. The van der Waals surface area contributed by atoms with Gasteiger partial charge >= 0.3 is 0 Å². The maximum atomic E-state index is 5.31. The van der Waals surface area contributed by atoms with Gasteiger partial charge in [0.15, 0.2) is 0 Å². The number of benzene rings is 1. The molecule has 0 saturated heterocycles. The summed E-state index contributed by atoms with van der Waals surface area (Å²) in [5.74, 6) is 1.91. The van der Waals surface area contributed by atoms with E-state index >= 15 is 0 Å². The molecule has 15 heavy (non-hydrogen) atoms. The predicted octanol–water partition coefficient (Wildman–Crippen LogP) is 2.45. The lowest BCUT2D eigenvalue weighted by molar-refractivity contribution is 0.319. The molecular weight excluding hydrogens is 206 g/mol. The molecule has 1 aromatic rings. The third-order valence-electron chi connectivity index (χ3n) is 2.33. The fourth-order valence-electron chi connectivity index (χ4n) is 1.54. The maximum absolute atomic E-state index is 5.31. The van der Waals surface area contributed by atoms with Crippen LogP contribution in [0.15, 0.2) is 24.3 Å². The second-order valence-electron chi connectivity index (χ2n) is 3.63. The minimum Gasteiger partial charge on any atom is -0.496 e. The van der Waals surface area contributed by atoms with Crippen molar-refractivity contribution in [1.29, 1.82) is 0 Å². The molecule has 0 bridgehead atoms. The van der Waals surface area contributed by atoms with Crippen LogP contribution in [0.2, 0.25) is 0 Å². The molecular formula is C12H19NOS. The third-order valence-corrected chi connectivity index (χ3v) is 2.65. The van der Waals surface area contributed by atoms with E-state index in [1.807, 2.05) is 18.2 Å². The summed E-state index contributed by atoms with van der Waals surface area (Å²) >= 11 is 4.21. The van der Waals surface area contributed by atoms with E-state index in [0.29, 0.717) is 0 Å². The summed E-state index contributed by atoms with van der Waals surface area (Å²) in [5.41, 5.74) is 1.24. The number of hydrogen-bond acceptors (Lipinski definition) is 3. The number of ether oxygens (including phenoxy) is 1. The highest BCUT2D eigenvalue weighted by molar-refractivity contribution is 7.80. The van der Waals surface area contributed by atoms with E-state index in [2.05, 4.69) is 30.6 Å². The van der Waals surface area contributed by atoms with Crippen LogP contribution in [0.25, 0.3) is 0 Å². The van der Waals surface area contributed by atoms with E-state index in [1.54, 1.807) is 7.11 Å². The van der Waals surface area contributed by atoms with Crippen molar-refractivity contribution in [3.8, 4) is 5.75 Å². The summed E-state index contributed by atoms with van der Waals surface area (Å²) in [7, 11) is 3.84. The molecule has 0 radical (unpaired) electrons. The van der Waals surface area contributed by atoms with Crippen LogP contribution in [0, 0.1) is 0 Å². The number of thiol groups is 1. The van der Waals surface area contributed by atoms with Gasteiger partial charge in [-0.05, 0) is 31.8 Å². The van der Waals surface area contributed by atoms with Crippen molar-refractivity contribution in [2.24, 2.45) is 0 Å². The average molecular weight is 225 g/mol. The van der Waals surface area contributed by atoms with E-state index in [-0.39, 0.29) is 0 Å². The number of rotatable bonds is 6. The van der Waals surface area contributed by atoms with Crippen LogP contribution in [-0.2, 0) is 6.54 Å². The van der Waals surface area contributed by atoms with Crippen molar-refractivity contribution in [3.05, 3.63) is 29.8 Å². The van der Waals surface area contributed by atoms with Crippen LogP contribution in [0.1, 0.15) is 12.0 Å². The quantitative estimate of drug-likeness (QED) is 0.747. The molecule has 84 valence electrons. The Balaban J connectivity index is 2.55. The highest BCUT2D eigenvalue weighted by atomic mass is 32.1. The number of hydrogen-bond donors (Lipinski definition) is 1. The molecule has 0 aromatic heterocycles.